The number of carbonyl (C=O) groups excluding carboxylic acids is 2. The van der Waals surface area contributed by atoms with Gasteiger partial charge in [0.2, 0.25) is 0 Å². The number of benzene rings is 2. The van der Waals surface area contributed by atoms with E-state index in [1.165, 1.54) is 0 Å². The maximum absolute atomic E-state index is 12.1. The first kappa shape index (κ1) is 15.2. The van der Waals surface area contributed by atoms with Crippen LogP contribution < -0.4 is 0 Å². The third-order valence-electron chi connectivity index (χ3n) is 2.98. The molecular formula is C15H12O5S. The van der Waals surface area contributed by atoms with Crippen molar-refractivity contribution in [1.82, 2.24) is 0 Å². The summed E-state index contributed by atoms with van der Waals surface area (Å²) >= 11 is -2.07. The molecule has 0 amide bonds. The molecule has 0 bridgehead atoms. The Labute approximate surface area is 124 Å². The Morgan fingerprint density at radius 2 is 1.05 bits per heavy atom. The Balaban J connectivity index is 0.000000282. The van der Waals surface area contributed by atoms with Crippen LogP contribution in [0.4, 0.5) is 0 Å². The van der Waals surface area contributed by atoms with Gasteiger partial charge in [0, 0.05) is 22.3 Å². The summed E-state index contributed by atoms with van der Waals surface area (Å²) in [5.41, 5.74) is 2.02. The van der Waals surface area contributed by atoms with Crippen LogP contribution in [0, 0.1) is 0 Å². The van der Waals surface area contributed by atoms with E-state index in [0.717, 1.165) is 7.11 Å². The number of rotatable bonds is 1. The average molecular weight is 304 g/mol. The molecule has 0 spiro atoms. The molecule has 0 fully saturated rings. The third-order valence-corrected chi connectivity index (χ3v) is 3.26. The molecule has 0 aromatic heterocycles. The zero-order chi connectivity index (χ0) is 15.4. The molecule has 0 radical (unpaired) electrons. The predicted octanol–water partition coefficient (Wildman–Crippen LogP) is 2.23. The lowest BCUT2D eigenvalue weighted by atomic mass is 9.84. The molecule has 0 saturated carbocycles. The van der Waals surface area contributed by atoms with Gasteiger partial charge in [0.1, 0.15) is 0 Å². The van der Waals surface area contributed by atoms with Crippen molar-refractivity contribution in [3.05, 3.63) is 70.8 Å². The second kappa shape index (κ2) is 6.53. The first-order valence-electron chi connectivity index (χ1n) is 5.99. The van der Waals surface area contributed by atoms with Gasteiger partial charge in [-0.2, -0.15) is 4.21 Å². The minimum atomic E-state index is -2.07. The van der Waals surface area contributed by atoms with E-state index in [1.807, 2.05) is 0 Å². The predicted molar refractivity (Wildman–Crippen MR) is 77.5 cm³/mol. The number of ketones is 2. The van der Waals surface area contributed by atoms with Crippen molar-refractivity contribution in [3.63, 3.8) is 0 Å². The minimum absolute atomic E-state index is 0.0641. The number of hydrogen-bond donors (Lipinski definition) is 1. The largest absolute Gasteiger partial charge is 0.301 e. The quantitative estimate of drug-likeness (QED) is 0.697. The highest BCUT2D eigenvalue weighted by Gasteiger charge is 2.28. The van der Waals surface area contributed by atoms with Crippen molar-refractivity contribution in [3.8, 4) is 0 Å². The summed E-state index contributed by atoms with van der Waals surface area (Å²) in [5, 5.41) is 0. The summed E-state index contributed by atoms with van der Waals surface area (Å²) in [6, 6.07) is 13.9. The van der Waals surface area contributed by atoms with Gasteiger partial charge in [-0.05, 0) is 0 Å². The fraction of sp³-hybridized carbons (Fsp3) is 0.0667. The SMILES string of the molecule is COS(=O)O.O=C1c2ccccc2C(=O)c2ccccc21. The fourth-order valence-corrected chi connectivity index (χ4v) is 2.05. The minimum Gasteiger partial charge on any atom is -0.289 e. The van der Waals surface area contributed by atoms with Gasteiger partial charge >= 0.3 is 11.4 Å². The van der Waals surface area contributed by atoms with Crippen LogP contribution >= 0.6 is 0 Å². The van der Waals surface area contributed by atoms with Gasteiger partial charge in [-0.3, -0.25) is 18.3 Å². The van der Waals surface area contributed by atoms with Gasteiger partial charge < -0.3 is 0 Å². The smallest absolute Gasteiger partial charge is 0.289 e. The highest BCUT2D eigenvalue weighted by molar-refractivity contribution is 7.74. The Morgan fingerprint density at radius 1 is 0.810 bits per heavy atom. The fourth-order valence-electron chi connectivity index (χ4n) is 2.05. The monoisotopic (exact) mass is 304 g/mol. The molecule has 2 aromatic rings. The van der Waals surface area contributed by atoms with Crippen LogP contribution in [0.25, 0.3) is 0 Å². The number of hydrogen-bond acceptors (Lipinski definition) is 4. The molecule has 1 N–H and O–H groups in total. The topological polar surface area (TPSA) is 80.7 Å². The molecule has 6 heteroatoms. The lowest BCUT2D eigenvalue weighted by Crippen LogP contribution is -2.20. The van der Waals surface area contributed by atoms with E-state index in [0.29, 0.717) is 22.3 Å². The van der Waals surface area contributed by atoms with E-state index in [4.69, 9.17) is 4.55 Å². The number of carbonyl (C=O) groups is 2. The van der Waals surface area contributed by atoms with Crippen molar-refractivity contribution in [2.75, 3.05) is 7.11 Å². The van der Waals surface area contributed by atoms with Crippen molar-refractivity contribution in [2.24, 2.45) is 0 Å². The molecule has 3 rings (SSSR count). The Kier molecular flexibility index (Phi) is 4.74. The molecule has 1 aliphatic carbocycles. The standard InChI is InChI=1S/C14H8O2.CH4O3S/c15-13-9-5-1-2-6-10(9)14(16)12-8-4-3-7-11(12)13;1-4-5(2)3/h1-8H;1H3,(H,2,3). The van der Waals surface area contributed by atoms with Crippen LogP contribution in [0.5, 0.6) is 0 Å². The van der Waals surface area contributed by atoms with Crippen LogP contribution in [0.2, 0.25) is 0 Å². The maximum atomic E-state index is 12.1. The second-order valence-corrected chi connectivity index (χ2v) is 4.90. The lowest BCUT2D eigenvalue weighted by Gasteiger charge is -2.16. The van der Waals surface area contributed by atoms with E-state index < -0.39 is 11.4 Å². The molecular weight excluding hydrogens is 292 g/mol. The Bertz CT molecular complexity index is 618. The summed E-state index contributed by atoms with van der Waals surface area (Å²) in [6.45, 7) is 0. The van der Waals surface area contributed by atoms with Crippen LogP contribution in [0.1, 0.15) is 31.8 Å². The highest BCUT2D eigenvalue weighted by Crippen LogP contribution is 2.26. The first-order chi connectivity index (χ1) is 10.1. The second-order valence-electron chi connectivity index (χ2n) is 4.13. The van der Waals surface area contributed by atoms with E-state index in [9.17, 15) is 13.8 Å². The zero-order valence-corrected chi connectivity index (χ0v) is 11.9. The van der Waals surface area contributed by atoms with Gasteiger partial charge in [-0.1, -0.05) is 48.5 Å². The van der Waals surface area contributed by atoms with Gasteiger partial charge in [0.05, 0.1) is 7.11 Å². The molecule has 1 unspecified atom stereocenters. The van der Waals surface area contributed by atoms with Crippen molar-refractivity contribution < 1.29 is 22.5 Å². The first-order valence-corrected chi connectivity index (χ1v) is 7.02. The molecule has 1 aliphatic rings. The van der Waals surface area contributed by atoms with E-state index >= 15 is 0 Å². The summed E-state index contributed by atoms with van der Waals surface area (Å²) in [7, 11) is 1.15. The van der Waals surface area contributed by atoms with Crippen LogP contribution in [-0.2, 0) is 15.5 Å². The van der Waals surface area contributed by atoms with Gasteiger partial charge in [0.25, 0.3) is 0 Å². The molecule has 1 atom stereocenters. The third kappa shape index (κ3) is 3.13. The molecule has 108 valence electrons. The average Bonchev–Trinajstić information content (AvgIpc) is 2.53. The molecule has 2 aromatic carbocycles. The van der Waals surface area contributed by atoms with Gasteiger partial charge in [-0.25, -0.2) is 0 Å². The van der Waals surface area contributed by atoms with Crippen molar-refractivity contribution in [1.29, 1.82) is 0 Å². The maximum Gasteiger partial charge on any atom is 0.301 e. The molecule has 0 saturated heterocycles. The molecule has 21 heavy (non-hydrogen) atoms. The van der Waals surface area contributed by atoms with Crippen LogP contribution in [0.3, 0.4) is 0 Å². The van der Waals surface area contributed by atoms with Crippen molar-refractivity contribution in [2.45, 2.75) is 0 Å². The Hall–Kier alpha value is -2.15. The van der Waals surface area contributed by atoms with Crippen molar-refractivity contribution >= 4 is 22.9 Å². The van der Waals surface area contributed by atoms with Gasteiger partial charge in [-0.15, -0.1) is 0 Å². The highest BCUT2D eigenvalue weighted by atomic mass is 32.2. The summed E-state index contributed by atoms with van der Waals surface area (Å²) < 4.78 is 20.6. The molecule has 5 nitrogen and oxygen atoms in total. The summed E-state index contributed by atoms with van der Waals surface area (Å²) in [4.78, 5) is 24.2. The van der Waals surface area contributed by atoms with Crippen LogP contribution in [0.15, 0.2) is 48.5 Å². The molecule has 0 heterocycles. The molecule has 0 aliphatic heterocycles. The summed E-state index contributed by atoms with van der Waals surface area (Å²) in [6.07, 6.45) is 0. The van der Waals surface area contributed by atoms with Gasteiger partial charge in [0.15, 0.2) is 11.6 Å². The van der Waals surface area contributed by atoms with E-state index in [-0.39, 0.29) is 11.6 Å². The normalized spacial score (nSPS) is 13.6. The van der Waals surface area contributed by atoms with E-state index in [2.05, 4.69) is 4.18 Å². The zero-order valence-electron chi connectivity index (χ0n) is 11.1. The lowest BCUT2D eigenvalue weighted by molar-refractivity contribution is 0.0979. The van der Waals surface area contributed by atoms with Crippen LogP contribution in [-0.4, -0.2) is 27.4 Å². The van der Waals surface area contributed by atoms with E-state index in [1.54, 1.807) is 48.5 Å². The summed E-state index contributed by atoms with van der Waals surface area (Å²) in [5.74, 6) is -0.128. The Morgan fingerprint density at radius 3 is 1.24 bits per heavy atom. The number of fused-ring (bicyclic) bond motifs is 2.